The van der Waals surface area contributed by atoms with Crippen LogP contribution in [0.3, 0.4) is 0 Å². The lowest BCUT2D eigenvalue weighted by molar-refractivity contribution is 0.337. The minimum Gasteiger partial charge on any atom is -0.402 e. The molecular formula is C11H17N. The molecule has 0 aromatic rings. The molecule has 2 aliphatic rings. The molecule has 0 aromatic carbocycles. The molecule has 0 fully saturated rings. The summed E-state index contributed by atoms with van der Waals surface area (Å²) in [5.74, 6) is 0. The van der Waals surface area contributed by atoms with E-state index in [9.17, 15) is 0 Å². The normalized spacial score (nSPS) is 33.1. The van der Waals surface area contributed by atoms with Crippen LogP contribution in [0.1, 0.15) is 39.0 Å². The van der Waals surface area contributed by atoms with E-state index in [0.29, 0.717) is 5.41 Å². The maximum atomic E-state index is 5.65. The zero-order chi connectivity index (χ0) is 8.60. The van der Waals surface area contributed by atoms with E-state index in [0.717, 1.165) is 12.1 Å². The minimum atomic E-state index is 0.431. The van der Waals surface area contributed by atoms with Crippen LogP contribution in [0, 0.1) is 5.41 Å². The average Bonchev–Trinajstić information content (AvgIpc) is 1.80. The summed E-state index contributed by atoms with van der Waals surface area (Å²) in [6, 6.07) is 0. The molecule has 2 rings (SSSR count). The Labute approximate surface area is 74.3 Å². The SMILES string of the molecule is CC1(CCC2=CCC2)C=C(N)C1. The van der Waals surface area contributed by atoms with E-state index in [1.165, 1.54) is 25.7 Å². The molecule has 66 valence electrons. The first-order valence-corrected chi connectivity index (χ1v) is 4.83. The fraction of sp³-hybridized carbons (Fsp3) is 0.636. The number of hydrogen-bond donors (Lipinski definition) is 1. The molecule has 2 aliphatic carbocycles. The number of rotatable bonds is 3. The first kappa shape index (κ1) is 7.90. The fourth-order valence-electron chi connectivity index (χ4n) is 2.07. The Bertz CT molecular complexity index is 250. The molecule has 0 aromatic heterocycles. The highest BCUT2D eigenvalue weighted by Gasteiger charge is 2.30. The molecule has 0 bridgehead atoms. The van der Waals surface area contributed by atoms with Crippen LogP contribution in [0.15, 0.2) is 23.4 Å². The van der Waals surface area contributed by atoms with E-state index >= 15 is 0 Å². The molecule has 1 heteroatoms. The highest BCUT2D eigenvalue weighted by Crippen LogP contribution is 2.41. The van der Waals surface area contributed by atoms with E-state index < -0.39 is 0 Å². The maximum Gasteiger partial charge on any atom is 0.00542 e. The van der Waals surface area contributed by atoms with Crippen molar-refractivity contribution in [1.29, 1.82) is 0 Å². The Morgan fingerprint density at radius 3 is 2.67 bits per heavy atom. The monoisotopic (exact) mass is 163 g/mol. The van der Waals surface area contributed by atoms with Gasteiger partial charge in [-0.15, -0.1) is 0 Å². The van der Waals surface area contributed by atoms with E-state index in [-0.39, 0.29) is 0 Å². The Morgan fingerprint density at radius 2 is 2.25 bits per heavy atom. The van der Waals surface area contributed by atoms with Gasteiger partial charge < -0.3 is 5.73 Å². The van der Waals surface area contributed by atoms with Gasteiger partial charge in [0, 0.05) is 5.70 Å². The number of allylic oxidation sites excluding steroid dienone is 4. The van der Waals surface area contributed by atoms with Crippen LogP contribution < -0.4 is 5.73 Å². The van der Waals surface area contributed by atoms with Crippen molar-refractivity contribution in [2.75, 3.05) is 0 Å². The summed E-state index contributed by atoms with van der Waals surface area (Å²) in [5.41, 5.74) is 8.83. The largest absolute Gasteiger partial charge is 0.402 e. The molecule has 1 unspecified atom stereocenters. The second kappa shape index (κ2) is 2.65. The van der Waals surface area contributed by atoms with Crippen LogP contribution in [0.4, 0.5) is 0 Å². The van der Waals surface area contributed by atoms with Crippen molar-refractivity contribution in [3.8, 4) is 0 Å². The zero-order valence-corrected chi connectivity index (χ0v) is 7.77. The molecule has 1 nitrogen and oxygen atoms in total. The average molecular weight is 163 g/mol. The maximum absolute atomic E-state index is 5.65. The Morgan fingerprint density at radius 1 is 1.58 bits per heavy atom. The van der Waals surface area contributed by atoms with Crippen LogP contribution >= 0.6 is 0 Å². The predicted molar refractivity (Wildman–Crippen MR) is 51.5 cm³/mol. The second-order valence-corrected chi connectivity index (χ2v) is 4.45. The Hall–Kier alpha value is -0.720. The van der Waals surface area contributed by atoms with Gasteiger partial charge in [0.1, 0.15) is 0 Å². The topological polar surface area (TPSA) is 26.0 Å². The lowest BCUT2D eigenvalue weighted by Gasteiger charge is -2.35. The highest BCUT2D eigenvalue weighted by molar-refractivity contribution is 5.21. The first-order valence-electron chi connectivity index (χ1n) is 4.83. The van der Waals surface area contributed by atoms with Crippen molar-refractivity contribution >= 4 is 0 Å². The molecular weight excluding hydrogens is 146 g/mol. The van der Waals surface area contributed by atoms with Crippen LogP contribution in [0.2, 0.25) is 0 Å². The molecule has 0 aliphatic heterocycles. The van der Waals surface area contributed by atoms with Crippen LogP contribution in [-0.4, -0.2) is 0 Å². The molecule has 0 radical (unpaired) electrons. The molecule has 0 spiro atoms. The van der Waals surface area contributed by atoms with Crippen molar-refractivity contribution in [1.82, 2.24) is 0 Å². The zero-order valence-electron chi connectivity index (χ0n) is 7.77. The Kier molecular flexibility index (Phi) is 1.75. The van der Waals surface area contributed by atoms with Crippen LogP contribution in [0.25, 0.3) is 0 Å². The third kappa shape index (κ3) is 1.40. The van der Waals surface area contributed by atoms with Crippen LogP contribution in [-0.2, 0) is 0 Å². The summed E-state index contributed by atoms with van der Waals surface area (Å²) in [6.07, 6.45) is 10.9. The standard InChI is InChI=1S/C11H17N/c1-11(7-10(12)8-11)6-5-9-3-2-4-9/h3,7H,2,4-6,8,12H2,1H3. The van der Waals surface area contributed by atoms with Gasteiger partial charge in [0.2, 0.25) is 0 Å². The van der Waals surface area contributed by atoms with E-state index in [1.807, 2.05) is 0 Å². The lowest BCUT2D eigenvalue weighted by atomic mass is 9.71. The van der Waals surface area contributed by atoms with E-state index in [1.54, 1.807) is 5.57 Å². The molecule has 1 atom stereocenters. The van der Waals surface area contributed by atoms with Crippen LogP contribution in [0.5, 0.6) is 0 Å². The van der Waals surface area contributed by atoms with Crippen molar-refractivity contribution in [3.05, 3.63) is 23.4 Å². The molecule has 0 saturated carbocycles. The van der Waals surface area contributed by atoms with Crippen molar-refractivity contribution < 1.29 is 0 Å². The van der Waals surface area contributed by atoms with Crippen molar-refractivity contribution in [2.45, 2.75) is 39.0 Å². The van der Waals surface area contributed by atoms with Gasteiger partial charge in [0.25, 0.3) is 0 Å². The third-order valence-corrected chi connectivity index (χ3v) is 3.06. The van der Waals surface area contributed by atoms with Crippen molar-refractivity contribution in [2.24, 2.45) is 11.1 Å². The van der Waals surface area contributed by atoms with Gasteiger partial charge in [0.15, 0.2) is 0 Å². The number of hydrogen-bond acceptors (Lipinski definition) is 1. The van der Waals surface area contributed by atoms with Gasteiger partial charge in [0.05, 0.1) is 0 Å². The summed E-state index contributed by atoms with van der Waals surface area (Å²) < 4.78 is 0. The quantitative estimate of drug-likeness (QED) is 0.636. The first-order chi connectivity index (χ1) is 5.68. The van der Waals surface area contributed by atoms with Gasteiger partial charge >= 0.3 is 0 Å². The Balaban J connectivity index is 1.80. The van der Waals surface area contributed by atoms with Gasteiger partial charge in [-0.2, -0.15) is 0 Å². The fourth-order valence-corrected chi connectivity index (χ4v) is 2.07. The van der Waals surface area contributed by atoms with Gasteiger partial charge in [-0.25, -0.2) is 0 Å². The molecule has 0 heterocycles. The summed E-state index contributed by atoms with van der Waals surface area (Å²) in [5, 5.41) is 0. The predicted octanol–water partition coefficient (Wildman–Crippen LogP) is 2.74. The molecule has 0 saturated heterocycles. The third-order valence-electron chi connectivity index (χ3n) is 3.06. The van der Waals surface area contributed by atoms with E-state index in [4.69, 9.17) is 5.73 Å². The lowest BCUT2D eigenvalue weighted by Crippen LogP contribution is -2.27. The molecule has 0 amide bonds. The van der Waals surface area contributed by atoms with Crippen molar-refractivity contribution in [3.63, 3.8) is 0 Å². The second-order valence-electron chi connectivity index (χ2n) is 4.45. The summed E-state index contributed by atoms with van der Waals surface area (Å²) in [4.78, 5) is 0. The minimum absolute atomic E-state index is 0.431. The van der Waals surface area contributed by atoms with Gasteiger partial charge in [-0.05, 0) is 37.5 Å². The molecule has 2 N–H and O–H groups in total. The van der Waals surface area contributed by atoms with Gasteiger partial charge in [-0.1, -0.05) is 24.6 Å². The smallest absolute Gasteiger partial charge is 0.00542 e. The summed E-state index contributed by atoms with van der Waals surface area (Å²) in [7, 11) is 0. The van der Waals surface area contributed by atoms with Gasteiger partial charge in [-0.3, -0.25) is 0 Å². The summed E-state index contributed by atoms with van der Waals surface area (Å²) >= 11 is 0. The van der Waals surface area contributed by atoms with E-state index in [2.05, 4.69) is 19.1 Å². The molecule has 12 heavy (non-hydrogen) atoms. The number of nitrogens with two attached hydrogens (primary N) is 1. The highest BCUT2D eigenvalue weighted by atomic mass is 14.6. The summed E-state index contributed by atoms with van der Waals surface area (Å²) in [6.45, 7) is 2.31.